The molecule has 1 rings (SSSR count). The molecule has 7 heteroatoms. The van der Waals surface area contributed by atoms with Gasteiger partial charge in [0.25, 0.3) is 0 Å². The van der Waals surface area contributed by atoms with Crippen molar-refractivity contribution in [1.29, 1.82) is 0 Å². The first-order valence-corrected chi connectivity index (χ1v) is 7.57. The van der Waals surface area contributed by atoms with Gasteiger partial charge in [-0.3, -0.25) is 0 Å². The SMILES string of the molecule is COC[C@@H](COc1ccc(Br)c(F)c1)NC(=O)OC(C)(C)C. The zero-order valence-corrected chi connectivity index (χ0v) is 14.7. The molecule has 0 fully saturated rings. The largest absolute Gasteiger partial charge is 0.491 e. The molecule has 0 saturated heterocycles. The molecule has 22 heavy (non-hydrogen) atoms. The highest BCUT2D eigenvalue weighted by atomic mass is 79.9. The van der Waals surface area contributed by atoms with Gasteiger partial charge in [0.15, 0.2) is 0 Å². The number of rotatable bonds is 6. The van der Waals surface area contributed by atoms with Gasteiger partial charge >= 0.3 is 6.09 Å². The van der Waals surface area contributed by atoms with Gasteiger partial charge in [0.2, 0.25) is 0 Å². The third-order valence-electron chi connectivity index (χ3n) is 2.43. The van der Waals surface area contributed by atoms with E-state index in [1.807, 2.05) is 0 Å². The number of hydrogen-bond acceptors (Lipinski definition) is 4. The van der Waals surface area contributed by atoms with E-state index >= 15 is 0 Å². The van der Waals surface area contributed by atoms with E-state index < -0.39 is 23.6 Å². The van der Waals surface area contributed by atoms with E-state index in [1.54, 1.807) is 32.9 Å². The molecule has 0 bridgehead atoms. The molecule has 1 aromatic carbocycles. The van der Waals surface area contributed by atoms with Crippen molar-refractivity contribution in [1.82, 2.24) is 5.32 Å². The number of carbonyl (C=O) groups excluding carboxylic acids is 1. The molecule has 0 radical (unpaired) electrons. The van der Waals surface area contributed by atoms with Crippen LogP contribution in [0.2, 0.25) is 0 Å². The molecule has 0 saturated carbocycles. The zero-order valence-electron chi connectivity index (χ0n) is 13.1. The van der Waals surface area contributed by atoms with Crippen molar-refractivity contribution in [2.24, 2.45) is 0 Å². The van der Waals surface area contributed by atoms with Gasteiger partial charge in [0.05, 0.1) is 17.1 Å². The molecule has 0 aliphatic rings. The number of ether oxygens (including phenoxy) is 3. The van der Waals surface area contributed by atoms with Crippen molar-refractivity contribution < 1.29 is 23.4 Å². The highest BCUT2D eigenvalue weighted by Gasteiger charge is 2.20. The van der Waals surface area contributed by atoms with Crippen LogP contribution in [-0.2, 0) is 9.47 Å². The van der Waals surface area contributed by atoms with Crippen molar-refractivity contribution in [2.75, 3.05) is 20.3 Å². The molecule has 124 valence electrons. The number of nitrogens with one attached hydrogen (secondary N) is 1. The molecule has 0 aliphatic carbocycles. The second-order valence-corrected chi connectivity index (χ2v) is 6.54. The highest BCUT2D eigenvalue weighted by molar-refractivity contribution is 9.10. The minimum atomic E-state index is -0.586. The van der Waals surface area contributed by atoms with Crippen LogP contribution in [0.4, 0.5) is 9.18 Å². The molecule has 0 aliphatic heterocycles. The van der Waals surface area contributed by atoms with Crippen LogP contribution in [0.25, 0.3) is 0 Å². The molecule has 0 aromatic heterocycles. The molecule has 1 atom stereocenters. The Labute approximate surface area is 138 Å². The predicted molar refractivity (Wildman–Crippen MR) is 84.6 cm³/mol. The second kappa shape index (κ2) is 8.33. The maximum Gasteiger partial charge on any atom is 0.408 e. The van der Waals surface area contributed by atoms with Crippen molar-refractivity contribution in [3.8, 4) is 5.75 Å². The van der Waals surface area contributed by atoms with Crippen molar-refractivity contribution in [3.63, 3.8) is 0 Å². The number of halogens is 2. The Bertz CT molecular complexity index is 505. The summed E-state index contributed by atoms with van der Waals surface area (Å²) in [5, 5.41) is 2.66. The number of alkyl carbamates (subject to hydrolysis) is 1. The molecule has 1 N–H and O–H groups in total. The zero-order chi connectivity index (χ0) is 16.8. The van der Waals surface area contributed by atoms with Crippen LogP contribution in [0.5, 0.6) is 5.75 Å². The molecule has 1 aromatic rings. The standard InChI is InChI=1S/C15H21BrFNO4/c1-15(2,3)22-14(19)18-10(8-20-4)9-21-11-5-6-12(16)13(17)7-11/h5-7,10H,8-9H2,1-4H3,(H,18,19)/t10-/m0/s1. The summed E-state index contributed by atoms with van der Waals surface area (Å²) in [6.07, 6.45) is -0.555. The average Bonchev–Trinajstić information content (AvgIpc) is 2.38. The lowest BCUT2D eigenvalue weighted by Gasteiger charge is -2.23. The van der Waals surface area contributed by atoms with E-state index in [9.17, 15) is 9.18 Å². The number of methoxy groups -OCH3 is 1. The fourth-order valence-electron chi connectivity index (χ4n) is 1.57. The molecular weight excluding hydrogens is 357 g/mol. The van der Waals surface area contributed by atoms with Gasteiger partial charge in [0.1, 0.15) is 23.8 Å². The van der Waals surface area contributed by atoms with E-state index in [1.165, 1.54) is 13.2 Å². The molecular formula is C15H21BrFNO4. The summed E-state index contributed by atoms with van der Waals surface area (Å²) in [7, 11) is 1.52. The summed E-state index contributed by atoms with van der Waals surface area (Å²) in [4.78, 5) is 11.7. The third-order valence-corrected chi connectivity index (χ3v) is 3.07. The van der Waals surface area contributed by atoms with Gasteiger partial charge in [-0.1, -0.05) is 0 Å². The first-order valence-electron chi connectivity index (χ1n) is 6.77. The predicted octanol–water partition coefficient (Wildman–Crippen LogP) is 3.51. The van der Waals surface area contributed by atoms with Gasteiger partial charge in [-0.2, -0.15) is 0 Å². The Kier molecular flexibility index (Phi) is 7.09. The second-order valence-electron chi connectivity index (χ2n) is 5.69. The summed E-state index contributed by atoms with van der Waals surface area (Å²) < 4.78 is 29.5. The van der Waals surface area contributed by atoms with Gasteiger partial charge in [-0.25, -0.2) is 9.18 Å². The Morgan fingerprint density at radius 2 is 2.05 bits per heavy atom. The van der Waals surface area contributed by atoms with E-state index in [0.29, 0.717) is 10.2 Å². The van der Waals surface area contributed by atoms with E-state index in [4.69, 9.17) is 14.2 Å². The molecule has 0 spiro atoms. The summed E-state index contributed by atoms with van der Waals surface area (Å²) in [6, 6.07) is 4.04. The smallest absolute Gasteiger partial charge is 0.408 e. The van der Waals surface area contributed by atoms with Crippen LogP contribution in [0.1, 0.15) is 20.8 Å². The summed E-state index contributed by atoms with van der Waals surface area (Å²) in [5.41, 5.74) is -0.586. The number of amides is 1. The lowest BCUT2D eigenvalue weighted by atomic mass is 10.2. The first kappa shape index (κ1) is 18.7. The van der Waals surface area contributed by atoms with Gasteiger partial charge in [0, 0.05) is 13.2 Å². The Balaban J connectivity index is 2.56. The first-order chi connectivity index (χ1) is 10.2. The normalized spacial score (nSPS) is 12.6. The topological polar surface area (TPSA) is 56.8 Å². The van der Waals surface area contributed by atoms with Crippen LogP contribution < -0.4 is 10.1 Å². The summed E-state index contributed by atoms with van der Waals surface area (Å²) >= 11 is 3.07. The lowest BCUT2D eigenvalue weighted by Crippen LogP contribution is -2.44. The molecule has 5 nitrogen and oxygen atoms in total. The monoisotopic (exact) mass is 377 g/mol. The van der Waals surface area contributed by atoms with Crippen molar-refractivity contribution in [2.45, 2.75) is 32.4 Å². The Morgan fingerprint density at radius 1 is 1.36 bits per heavy atom. The molecule has 0 unspecified atom stereocenters. The van der Waals surface area contributed by atoms with Crippen LogP contribution >= 0.6 is 15.9 Å². The van der Waals surface area contributed by atoms with Gasteiger partial charge in [-0.05, 0) is 48.8 Å². The third kappa shape index (κ3) is 7.09. The fraction of sp³-hybridized carbons (Fsp3) is 0.533. The minimum absolute atomic E-state index is 0.133. The highest BCUT2D eigenvalue weighted by Crippen LogP contribution is 2.21. The van der Waals surface area contributed by atoms with E-state index in [0.717, 1.165) is 0 Å². The summed E-state index contributed by atoms with van der Waals surface area (Å²) in [6.45, 7) is 5.71. The Morgan fingerprint density at radius 3 is 2.59 bits per heavy atom. The minimum Gasteiger partial charge on any atom is -0.491 e. The average molecular weight is 378 g/mol. The molecule has 1 amide bonds. The van der Waals surface area contributed by atoms with Crippen molar-refractivity contribution >= 4 is 22.0 Å². The van der Waals surface area contributed by atoms with Crippen molar-refractivity contribution in [3.05, 3.63) is 28.5 Å². The quantitative estimate of drug-likeness (QED) is 0.823. The van der Waals surface area contributed by atoms with E-state index in [-0.39, 0.29) is 13.2 Å². The van der Waals surface area contributed by atoms with Gasteiger partial charge in [-0.15, -0.1) is 0 Å². The number of carbonyl (C=O) groups is 1. The lowest BCUT2D eigenvalue weighted by molar-refractivity contribution is 0.0438. The van der Waals surface area contributed by atoms with Crippen LogP contribution in [0.15, 0.2) is 22.7 Å². The van der Waals surface area contributed by atoms with Crippen LogP contribution in [0, 0.1) is 5.82 Å². The van der Waals surface area contributed by atoms with Gasteiger partial charge < -0.3 is 19.5 Å². The van der Waals surface area contributed by atoms with E-state index in [2.05, 4.69) is 21.2 Å². The summed E-state index contributed by atoms with van der Waals surface area (Å²) in [5.74, 6) is -0.0475. The maximum atomic E-state index is 13.4. The fourth-order valence-corrected chi connectivity index (χ4v) is 1.82. The number of hydrogen-bond donors (Lipinski definition) is 1. The van der Waals surface area contributed by atoms with Crippen LogP contribution in [0.3, 0.4) is 0 Å². The Hall–Kier alpha value is -1.34. The number of benzene rings is 1. The maximum absolute atomic E-state index is 13.4. The van der Waals surface area contributed by atoms with Crippen LogP contribution in [-0.4, -0.2) is 38.1 Å². The molecule has 0 heterocycles.